The molecule has 1 aromatic rings. The summed E-state index contributed by atoms with van der Waals surface area (Å²) in [6.07, 6.45) is -0.320. The molecule has 0 saturated heterocycles. The Morgan fingerprint density at radius 2 is 1.94 bits per heavy atom. The predicted molar refractivity (Wildman–Crippen MR) is 68.4 cm³/mol. The van der Waals surface area contributed by atoms with Gasteiger partial charge in [-0.05, 0) is 24.9 Å². The largest absolute Gasteiger partial charge is 0.445 e. The lowest BCUT2D eigenvalue weighted by Gasteiger charge is -2.18. The molecular formula is C12H16N4O2. The lowest BCUT2D eigenvalue weighted by Crippen LogP contribution is -2.30. The van der Waals surface area contributed by atoms with Gasteiger partial charge in [-0.1, -0.05) is 29.4 Å². The second-order valence-corrected chi connectivity index (χ2v) is 3.58. The van der Waals surface area contributed by atoms with E-state index in [1.807, 2.05) is 13.8 Å². The zero-order valence-corrected chi connectivity index (χ0v) is 10.5. The average molecular weight is 248 g/mol. The van der Waals surface area contributed by atoms with Crippen LogP contribution in [0.4, 0.5) is 10.5 Å². The first-order valence-corrected chi connectivity index (χ1v) is 5.77. The second kappa shape index (κ2) is 7.19. The van der Waals surface area contributed by atoms with E-state index in [1.165, 1.54) is 0 Å². The van der Waals surface area contributed by atoms with E-state index >= 15 is 0 Å². The van der Waals surface area contributed by atoms with Crippen LogP contribution in [0, 0.1) is 0 Å². The molecule has 1 aromatic carbocycles. The zero-order valence-electron chi connectivity index (χ0n) is 10.5. The van der Waals surface area contributed by atoms with Gasteiger partial charge in [0.2, 0.25) is 0 Å². The Morgan fingerprint density at radius 1 is 1.33 bits per heavy atom. The Morgan fingerprint density at radius 3 is 2.44 bits per heavy atom. The molecule has 0 saturated carbocycles. The van der Waals surface area contributed by atoms with Gasteiger partial charge in [0.15, 0.2) is 0 Å². The number of ether oxygens (including phenoxy) is 1. The Hall–Kier alpha value is -2.20. The molecular weight excluding hydrogens is 232 g/mol. The molecule has 1 amide bonds. The number of benzene rings is 1. The maximum absolute atomic E-state index is 11.6. The Labute approximate surface area is 106 Å². The molecule has 0 spiro atoms. The van der Waals surface area contributed by atoms with Gasteiger partial charge in [0.05, 0.1) is 0 Å². The fourth-order valence-electron chi connectivity index (χ4n) is 1.43. The van der Waals surface area contributed by atoms with Crippen molar-refractivity contribution in [3.05, 3.63) is 40.3 Å². The summed E-state index contributed by atoms with van der Waals surface area (Å²) in [6.45, 7) is 5.28. The third-order valence-electron chi connectivity index (χ3n) is 2.48. The first-order chi connectivity index (χ1) is 8.71. The van der Waals surface area contributed by atoms with E-state index in [1.54, 1.807) is 29.2 Å². The summed E-state index contributed by atoms with van der Waals surface area (Å²) in [5.41, 5.74) is 9.66. The molecule has 0 unspecified atom stereocenters. The van der Waals surface area contributed by atoms with E-state index in [0.29, 0.717) is 18.8 Å². The van der Waals surface area contributed by atoms with Crippen molar-refractivity contribution < 1.29 is 9.53 Å². The van der Waals surface area contributed by atoms with Crippen LogP contribution in [-0.4, -0.2) is 24.1 Å². The van der Waals surface area contributed by atoms with Crippen LogP contribution in [0.1, 0.15) is 19.4 Å². The van der Waals surface area contributed by atoms with E-state index in [-0.39, 0.29) is 12.7 Å². The topological polar surface area (TPSA) is 78.3 Å². The third-order valence-corrected chi connectivity index (χ3v) is 2.48. The van der Waals surface area contributed by atoms with Gasteiger partial charge in [-0.2, -0.15) is 0 Å². The van der Waals surface area contributed by atoms with Gasteiger partial charge in [-0.15, -0.1) is 0 Å². The summed E-state index contributed by atoms with van der Waals surface area (Å²) in [7, 11) is 0. The zero-order chi connectivity index (χ0) is 13.4. The van der Waals surface area contributed by atoms with Crippen molar-refractivity contribution in [2.24, 2.45) is 5.11 Å². The fraction of sp³-hybridized carbons (Fsp3) is 0.417. The molecule has 0 atom stereocenters. The summed E-state index contributed by atoms with van der Waals surface area (Å²) in [4.78, 5) is 15.9. The molecule has 6 nitrogen and oxygen atoms in total. The molecule has 0 radical (unpaired) electrons. The minimum atomic E-state index is -0.320. The van der Waals surface area contributed by atoms with E-state index in [9.17, 15) is 4.79 Å². The van der Waals surface area contributed by atoms with E-state index in [0.717, 1.165) is 5.56 Å². The van der Waals surface area contributed by atoms with Crippen molar-refractivity contribution in [1.82, 2.24) is 4.90 Å². The van der Waals surface area contributed by atoms with Gasteiger partial charge in [0.25, 0.3) is 0 Å². The van der Waals surface area contributed by atoms with Crippen molar-refractivity contribution in [2.75, 3.05) is 13.1 Å². The highest BCUT2D eigenvalue weighted by Crippen LogP contribution is 2.13. The summed E-state index contributed by atoms with van der Waals surface area (Å²) >= 11 is 0. The standard InChI is InChI=1S/C12H16N4O2/c1-3-16(4-2)12(17)18-9-10-5-7-11(8-6-10)14-15-13/h5-8H,3-4,9H2,1-2H3. The van der Waals surface area contributed by atoms with Crippen LogP contribution < -0.4 is 0 Å². The SMILES string of the molecule is CCN(CC)C(=O)OCc1ccc(N=[N+]=[N-])cc1. The lowest BCUT2D eigenvalue weighted by atomic mass is 10.2. The van der Waals surface area contributed by atoms with Gasteiger partial charge >= 0.3 is 6.09 Å². The van der Waals surface area contributed by atoms with Crippen molar-refractivity contribution in [2.45, 2.75) is 20.5 Å². The number of carbonyl (C=O) groups excluding carboxylic acids is 1. The third kappa shape index (κ3) is 3.99. The molecule has 0 N–H and O–H groups in total. The van der Waals surface area contributed by atoms with Crippen molar-refractivity contribution in [3.8, 4) is 0 Å². The smallest absolute Gasteiger partial charge is 0.410 e. The van der Waals surface area contributed by atoms with Gasteiger partial charge in [0, 0.05) is 23.7 Å². The molecule has 0 aliphatic rings. The molecule has 18 heavy (non-hydrogen) atoms. The Balaban J connectivity index is 2.53. The Bertz CT molecular complexity index is 434. The predicted octanol–water partition coefficient (Wildman–Crippen LogP) is 3.61. The average Bonchev–Trinajstić information content (AvgIpc) is 2.40. The highest BCUT2D eigenvalue weighted by Gasteiger charge is 2.10. The number of hydrogen-bond acceptors (Lipinski definition) is 3. The summed E-state index contributed by atoms with van der Waals surface area (Å²) in [5.74, 6) is 0. The first-order valence-electron chi connectivity index (χ1n) is 5.77. The minimum Gasteiger partial charge on any atom is -0.445 e. The molecule has 0 fully saturated rings. The number of amides is 1. The first kappa shape index (κ1) is 13.9. The fourth-order valence-corrected chi connectivity index (χ4v) is 1.43. The normalized spacial score (nSPS) is 9.44. The van der Waals surface area contributed by atoms with E-state index < -0.39 is 0 Å². The van der Waals surface area contributed by atoms with Crippen molar-refractivity contribution in [3.63, 3.8) is 0 Å². The van der Waals surface area contributed by atoms with Crippen LogP contribution in [0.2, 0.25) is 0 Å². The number of nitrogens with zero attached hydrogens (tertiary/aromatic N) is 4. The molecule has 96 valence electrons. The van der Waals surface area contributed by atoms with Gasteiger partial charge in [-0.25, -0.2) is 4.79 Å². The van der Waals surface area contributed by atoms with Crippen LogP contribution in [0.3, 0.4) is 0 Å². The lowest BCUT2D eigenvalue weighted by molar-refractivity contribution is 0.0999. The second-order valence-electron chi connectivity index (χ2n) is 3.58. The van der Waals surface area contributed by atoms with Crippen LogP contribution in [0.25, 0.3) is 10.4 Å². The summed E-state index contributed by atoms with van der Waals surface area (Å²) in [6, 6.07) is 6.89. The van der Waals surface area contributed by atoms with Gasteiger partial charge < -0.3 is 9.64 Å². The summed E-state index contributed by atoms with van der Waals surface area (Å²) < 4.78 is 5.16. The van der Waals surface area contributed by atoms with Crippen LogP contribution in [0.5, 0.6) is 0 Å². The molecule has 0 aliphatic carbocycles. The highest BCUT2D eigenvalue weighted by atomic mass is 16.6. The van der Waals surface area contributed by atoms with Crippen molar-refractivity contribution >= 4 is 11.8 Å². The quantitative estimate of drug-likeness (QED) is 0.453. The Kier molecular flexibility index (Phi) is 5.54. The molecule has 0 heterocycles. The molecule has 6 heteroatoms. The van der Waals surface area contributed by atoms with Crippen molar-refractivity contribution in [1.29, 1.82) is 0 Å². The number of hydrogen-bond donors (Lipinski definition) is 0. The van der Waals surface area contributed by atoms with E-state index in [4.69, 9.17) is 10.3 Å². The minimum absolute atomic E-state index is 0.214. The van der Waals surface area contributed by atoms with Crippen LogP contribution >= 0.6 is 0 Å². The van der Waals surface area contributed by atoms with Crippen LogP contribution in [0.15, 0.2) is 29.4 Å². The van der Waals surface area contributed by atoms with Crippen LogP contribution in [-0.2, 0) is 11.3 Å². The van der Waals surface area contributed by atoms with Gasteiger partial charge in [0.1, 0.15) is 6.61 Å². The van der Waals surface area contributed by atoms with Gasteiger partial charge in [-0.3, -0.25) is 0 Å². The molecule has 0 aliphatic heterocycles. The number of rotatable bonds is 5. The molecule has 0 bridgehead atoms. The molecule has 0 aromatic heterocycles. The maximum Gasteiger partial charge on any atom is 0.410 e. The molecule has 1 rings (SSSR count). The summed E-state index contributed by atoms with van der Waals surface area (Å²) in [5, 5.41) is 3.46. The van der Waals surface area contributed by atoms with E-state index in [2.05, 4.69) is 10.0 Å². The highest BCUT2D eigenvalue weighted by molar-refractivity contribution is 5.67. The monoisotopic (exact) mass is 248 g/mol. The maximum atomic E-state index is 11.6. The number of carbonyl (C=O) groups is 1. The number of azide groups is 1.